The number of piperazine rings is 1. The molecule has 1 aliphatic rings. The molecular weight excluding hydrogens is 284 g/mol. The molecular formula is C15H20N4O3. The monoisotopic (exact) mass is 304 g/mol. The quantitative estimate of drug-likeness (QED) is 0.754. The third-order valence-corrected chi connectivity index (χ3v) is 4.17. The van der Waals surface area contributed by atoms with Crippen molar-refractivity contribution >= 4 is 12.1 Å². The van der Waals surface area contributed by atoms with Crippen LogP contribution < -0.4 is 10.5 Å². The standard InChI is InChI=1S/C15H20N4O3/c1-11-12(9-16)15(22)17(2)14(13(11)10-21)19-5-3-18(4-6-19)7-8-20/h10,20H,3-8H2,1-2H3. The van der Waals surface area contributed by atoms with E-state index in [4.69, 9.17) is 10.4 Å². The van der Waals surface area contributed by atoms with Crippen molar-refractivity contribution in [1.29, 1.82) is 5.26 Å². The number of aldehydes is 1. The van der Waals surface area contributed by atoms with Crippen molar-refractivity contribution in [2.24, 2.45) is 7.05 Å². The highest BCUT2D eigenvalue weighted by molar-refractivity contribution is 5.86. The number of pyridine rings is 1. The second kappa shape index (κ2) is 6.73. The Morgan fingerprint density at radius 1 is 1.32 bits per heavy atom. The van der Waals surface area contributed by atoms with Crippen LogP contribution in [0.4, 0.5) is 5.82 Å². The van der Waals surface area contributed by atoms with E-state index < -0.39 is 0 Å². The lowest BCUT2D eigenvalue weighted by Gasteiger charge is -2.37. The van der Waals surface area contributed by atoms with Crippen LogP contribution in [0.15, 0.2) is 4.79 Å². The first-order chi connectivity index (χ1) is 10.5. The number of nitriles is 1. The molecule has 1 fully saturated rings. The normalized spacial score (nSPS) is 15.6. The number of carbonyl (C=O) groups is 1. The van der Waals surface area contributed by atoms with Gasteiger partial charge < -0.3 is 10.0 Å². The molecule has 22 heavy (non-hydrogen) atoms. The van der Waals surface area contributed by atoms with Crippen molar-refractivity contribution in [3.05, 3.63) is 27.0 Å². The molecule has 0 spiro atoms. The zero-order valence-corrected chi connectivity index (χ0v) is 12.9. The average Bonchev–Trinajstić information content (AvgIpc) is 2.52. The Balaban J connectivity index is 2.42. The molecule has 1 aliphatic heterocycles. The van der Waals surface area contributed by atoms with Crippen molar-refractivity contribution in [2.45, 2.75) is 6.92 Å². The predicted octanol–water partition coefficient (Wildman–Crippen LogP) is -0.508. The van der Waals surface area contributed by atoms with Crippen LogP contribution in [-0.2, 0) is 7.05 Å². The fourth-order valence-electron chi connectivity index (χ4n) is 2.89. The summed E-state index contributed by atoms with van der Waals surface area (Å²) in [6.45, 7) is 5.22. The average molecular weight is 304 g/mol. The van der Waals surface area contributed by atoms with Gasteiger partial charge in [-0.25, -0.2) is 0 Å². The third-order valence-electron chi connectivity index (χ3n) is 4.17. The summed E-state index contributed by atoms with van der Waals surface area (Å²) >= 11 is 0. The maximum absolute atomic E-state index is 12.3. The van der Waals surface area contributed by atoms with Gasteiger partial charge in [-0.05, 0) is 12.5 Å². The zero-order chi connectivity index (χ0) is 16.3. The van der Waals surface area contributed by atoms with Gasteiger partial charge in [-0.1, -0.05) is 0 Å². The lowest BCUT2D eigenvalue weighted by molar-refractivity contribution is 0.112. The SMILES string of the molecule is Cc1c(C=O)c(N2CCN(CCO)CC2)n(C)c(=O)c1C#N. The van der Waals surface area contributed by atoms with Gasteiger partial charge >= 0.3 is 0 Å². The number of anilines is 1. The van der Waals surface area contributed by atoms with Crippen molar-refractivity contribution < 1.29 is 9.90 Å². The Bertz CT molecular complexity index is 667. The van der Waals surface area contributed by atoms with E-state index in [1.807, 2.05) is 11.0 Å². The predicted molar refractivity (Wildman–Crippen MR) is 82.3 cm³/mol. The molecule has 2 rings (SSSR count). The minimum atomic E-state index is -0.376. The smallest absolute Gasteiger partial charge is 0.270 e. The fraction of sp³-hybridized carbons (Fsp3) is 0.533. The fourth-order valence-corrected chi connectivity index (χ4v) is 2.89. The molecule has 1 aromatic rings. The second-order valence-electron chi connectivity index (χ2n) is 5.38. The van der Waals surface area contributed by atoms with Gasteiger partial charge in [0.25, 0.3) is 5.56 Å². The van der Waals surface area contributed by atoms with Crippen LogP contribution in [-0.4, -0.2) is 60.2 Å². The van der Waals surface area contributed by atoms with Crippen LogP contribution in [0.1, 0.15) is 21.5 Å². The molecule has 0 atom stereocenters. The number of aliphatic hydroxyl groups excluding tert-OH is 1. The molecule has 0 radical (unpaired) electrons. The molecule has 0 amide bonds. The molecule has 7 heteroatoms. The molecule has 0 bridgehead atoms. The number of hydrogen-bond acceptors (Lipinski definition) is 6. The van der Waals surface area contributed by atoms with E-state index in [1.165, 1.54) is 4.57 Å². The highest BCUT2D eigenvalue weighted by Crippen LogP contribution is 2.23. The van der Waals surface area contributed by atoms with E-state index in [2.05, 4.69) is 4.90 Å². The van der Waals surface area contributed by atoms with E-state index in [0.29, 0.717) is 42.9 Å². The number of β-amino-alcohol motifs (C(OH)–C–C–N with tert-alkyl or cyclic N) is 1. The van der Waals surface area contributed by atoms with E-state index in [0.717, 1.165) is 13.1 Å². The summed E-state index contributed by atoms with van der Waals surface area (Å²) in [4.78, 5) is 27.9. The summed E-state index contributed by atoms with van der Waals surface area (Å²) in [5.41, 5.74) is 0.480. The van der Waals surface area contributed by atoms with Crippen LogP contribution >= 0.6 is 0 Å². The van der Waals surface area contributed by atoms with Crippen LogP contribution in [0, 0.1) is 18.3 Å². The Morgan fingerprint density at radius 3 is 2.45 bits per heavy atom. The van der Waals surface area contributed by atoms with Crippen LogP contribution in [0.2, 0.25) is 0 Å². The van der Waals surface area contributed by atoms with Gasteiger partial charge in [-0.3, -0.25) is 19.1 Å². The van der Waals surface area contributed by atoms with Gasteiger partial charge in [0.2, 0.25) is 0 Å². The topological polar surface area (TPSA) is 89.6 Å². The number of rotatable bonds is 4. The summed E-state index contributed by atoms with van der Waals surface area (Å²) < 4.78 is 1.39. The van der Waals surface area contributed by atoms with Crippen molar-refractivity contribution in [3.8, 4) is 6.07 Å². The molecule has 2 heterocycles. The number of aliphatic hydroxyl groups is 1. The molecule has 1 aromatic heterocycles. The van der Waals surface area contributed by atoms with E-state index >= 15 is 0 Å². The van der Waals surface area contributed by atoms with Crippen LogP contribution in [0.5, 0.6) is 0 Å². The van der Waals surface area contributed by atoms with Crippen LogP contribution in [0.3, 0.4) is 0 Å². The zero-order valence-electron chi connectivity index (χ0n) is 12.9. The maximum atomic E-state index is 12.3. The maximum Gasteiger partial charge on any atom is 0.270 e. The molecule has 1 N–H and O–H groups in total. The number of carbonyl (C=O) groups excluding carboxylic acids is 1. The Labute approximate surface area is 129 Å². The molecule has 0 unspecified atom stereocenters. The Morgan fingerprint density at radius 2 is 1.95 bits per heavy atom. The number of nitrogens with zero attached hydrogens (tertiary/aromatic N) is 4. The first-order valence-corrected chi connectivity index (χ1v) is 7.22. The minimum absolute atomic E-state index is 0.0206. The molecule has 0 saturated carbocycles. The Kier molecular flexibility index (Phi) is 4.96. The molecule has 118 valence electrons. The lowest BCUT2D eigenvalue weighted by Crippen LogP contribution is -2.49. The highest BCUT2D eigenvalue weighted by Gasteiger charge is 2.24. The molecule has 7 nitrogen and oxygen atoms in total. The second-order valence-corrected chi connectivity index (χ2v) is 5.38. The summed E-state index contributed by atoms with van der Waals surface area (Å²) in [5, 5.41) is 18.1. The van der Waals surface area contributed by atoms with Gasteiger partial charge in [-0.15, -0.1) is 0 Å². The molecule has 1 saturated heterocycles. The number of hydrogen-bond donors (Lipinski definition) is 1. The molecule has 0 aromatic carbocycles. The van der Waals surface area contributed by atoms with E-state index in [9.17, 15) is 9.59 Å². The van der Waals surface area contributed by atoms with Gasteiger partial charge in [-0.2, -0.15) is 5.26 Å². The summed E-state index contributed by atoms with van der Waals surface area (Å²) in [5.74, 6) is 0.570. The first-order valence-electron chi connectivity index (χ1n) is 7.22. The summed E-state index contributed by atoms with van der Waals surface area (Å²) in [7, 11) is 1.59. The largest absolute Gasteiger partial charge is 0.395 e. The molecule has 0 aliphatic carbocycles. The third kappa shape index (κ3) is 2.75. The summed E-state index contributed by atoms with van der Waals surface area (Å²) in [6, 6.07) is 1.89. The first kappa shape index (κ1) is 16.2. The van der Waals surface area contributed by atoms with Gasteiger partial charge in [0.1, 0.15) is 17.5 Å². The van der Waals surface area contributed by atoms with E-state index in [-0.39, 0.29) is 17.7 Å². The van der Waals surface area contributed by atoms with Crippen molar-refractivity contribution in [3.63, 3.8) is 0 Å². The Hall–Kier alpha value is -2.17. The van der Waals surface area contributed by atoms with Crippen molar-refractivity contribution in [2.75, 3.05) is 44.2 Å². The summed E-state index contributed by atoms with van der Waals surface area (Å²) in [6.07, 6.45) is 0.713. The lowest BCUT2D eigenvalue weighted by atomic mass is 10.0. The van der Waals surface area contributed by atoms with Gasteiger partial charge in [0.15, 0.2) is 6.29 Å². The minimum Gasteiger partial charge on any atom is -0.395 e. The highest BCUT2D eigenvalue weighted by atomic mass is 16.3. The number of aromatic nitrogens is 1. The van der Waals surface area contributed by atoms with E-state index in [1.54, 1.807) is 14.0 Å². The van der Waals surface area contributed by atoms with Gasteiger partial charge in [0.05, 0.1) is 12.2 Å². The van der Waals surface area contributed by atoms with Crippen molar-refractivity contribution in [1.82, 2.24) is 9.47 Å². The van der Waals surface area contributed by atoms with Gasteiger partial charge in [0, 0.05) is 39.8 Å². The van der Waals surface area contributed by atoms with Crippen LogP contribution in [0.25, 0.3) is 0 Å².